The maximum absolute atomic E-state index is 13.5. The van der Waals surface area contributed by atoms with E-state index < -0.39 is 5.82 Å². The van der Waals surface area contributed by atoms with Gasteiger partial charge in [-0.2, -0.15) is 0 Å². The molecule has 0 radical (unpaired) electrons. The second-order valence-electron chi connectivity index (χ2n) is 4.27. The summed E-state index contributed by atoms with van der Waals surface area (Å²) in [5.74, 6) is -0.858. The topological polar surface area (TPSA) is 20.3 Å². The predicted octanol–water partition coefficient (Wildman–Crippen LogP) is 3.75. The molecule has 98 valence electrons. The van der Waals surface area contributed by atoms with Crippen molar-refractivity contribution < 1.29 is 9.18 Å². The normalized spacial score (nSPS) is 10.3. The number of amides is 1. The molecule has 0 saturated carbocycles. The van der Waals surface area contributed by atoms with E-state index in [0.29, 0.717) is 11.6 Å². The van der Waals surface area contributed by atoms with Crippen molar-refractivity contribution in [3.8, 4) is 0 Å². The summed E-state index contributed by atoms with van der Waals surface area (Å²) in [7, 11) is 1.63. The van der Waals surface area contributed by atoms with Crippen LogP contribution in [0.1, 0.15) is 15.9 Å². The number of hydrogen-bond acceptors (Lipinski definition) is 1. The maximum Gasteiger partial charge on any atom is 0.256 e. The van der Waals surface area contributed by atoms with E-state index in [0.717, 1.165) is 5.56 Å². The molecule has 0 aliphatic carbocycles. The van der Waals surface area contributed by atoms with Gasteiger partial charge in [-0.3, -0.25) is 4.79 Å². The summed E-state index contributed by atoms with van der Waals surface area (Å²) >= 11 is 5.89. The van der Waals surface area contributed by atoms with E-state index in [9.17, 15) is 9.18 Å². The van der Waals surface area contributed by atoms with Gasteiger partial charge in [-0.15, -0.1) is 0 Å². The van der Waals surface area contributed by atoms with Crippen LogP contribution in [0, 0.1) is 5.82 Å². The van der Waals surface area contributed by atoms with Crippen molar-refractivity contribution >= 4 is 17.5 Å². The van der Waals surface area contributed by atoms with Gasteiger partial charge in [0, 0.05) is 18.6 Å². The Balaban J connectivity index is 2.14. The average Bonchev–Trinajstić information content (AvgIpc) is 2.38. The number of halogens is 2. The molecule has 0 atom stereocenters. The fourth-order valence-corrected chi connectivity index (χ4v) is 2.03. The van der Waals surface area contributed by atoms with E-state index in [4.69, 9.17) is 11.6 Å². The van der Waals surface area contributed by atoms with Crippen LogP contribution in [-0.4, -0.2) is 17.9 Å². The van der Waals surface area contributed by atoms with Crippen molar-refractivity contribution in [1.82, 2.24) is 4.90 Å². The van der Waals surface area contributed by atoms with Gasteiger partial charge in [-0.1, -0.05) is 35.9 Å². The molecule has 2 rings (SSSR count). The monoisotopic (exact) mass is 277 g/mol. The fraction of sp³-hybridized carbons (Fsp3) is 0.133. The van der Waals surface area contributed by atoms with Crippen LogP contribution in [0.4, 0.5) is 4.39 Å². The number of carbonyl (C=O) groups is 1. The minimum absolute atomic E-state index is 0.0760. The van der Waals surface area contributed by atoms with Gasteiger partial charge in [-0.25, -0.2) is 4.39 Å². The van der Waals surface area contributed by atoms with Crippen LogP contribution in [0.2, 0.25) is 5.02 Å². The minimum Gasteiger partial charge on any atom is -0.337 e. The number of hydrogen-bond donors (Lipinski definition) is 0. The molecule has 19 heavy (non-hydrogen) atoms. The van der Waals surface area contributed by atoms with E-state index >= 15 is 0 Å². The second kappa shape index (κ2) is 5.85. The Kier molecular flexibility index (Phi) is 4.17. The summed E-state index contributed by atoms with van der Waals surface area (Å²) in [6.07, 6.45) is 0. The molecule has 4 heteroatoms. The lowest BCUT2D eigenvalue weighted by atomic mass is 10.1. The molecule has 2 aromatic rings. The standard InChI is InChI=1S/C15H13ClFNO/c1-18(10-11-5-4-6-12(16)9-11)15(19)13-7-2-3-8-14(13)17/h2-9H,10H2,1H3. The Hall–Kier alpha value is -1.87. The summed E-state index contributed by atoms with van der Waals surface area (Å²) in [4.78, 5) is 13.6. The quantitative estimate of drug-likeness (QED) is 0.837. The Morgan fingerprint density at radius 2 is 1.95 bits per heavy atom. The van der Waals surface area contributed by atoms with Crippen molar-refractivity contribution in [2.24, 2.45) is 0 Å². The SMILES string of the molecule is CN(Cc1cccc(Cl)c1)C(=O)c1ccccc1F. The smallest absolute Gasteiger partial charge is 0.256 e. The van der Waals surface area contributed by atoms with Gasteiger partial charge in [0.05, 0.1) is 5.56 Å². The molecule has 2 nitrogen and oxygen atoms in total. The van der Waals surface area contributed by atoms with Crippen LogP contribution < -0.4 is 0 Å². The van der Waals surface area contributed by atoms with Crippen LogP contribution in [0.15, 0.2) is 48.5 Å². The first-order valence-corrected chi connectivity index (χ1v) is 6.20. The third-order valence-electron chi connectivity index (χ3n) is 2.76. The van der Waals surface area contributed by atoms with Gasteiger partial charge < -0.3 is 4.90 Å². The van der Waals surface area contributed by atoms with Crippen molar-refractivity contribution in [2.75, 3.05) is 7.05 Å². The third kappa shape index (κ3) is 3.32. The van der Waals surface area contributed by atoms with Gasteiger partial charge in [0.15, 0.2) is 0 Å². The van der Waals surface area contributed by atoms with Crippen LogP contribution in [0.25, 0.3) is 0 Å². The molecule has 0 saturated heterocycles. The zero-order chi connectivity index (χ0) is 13.8. The molecule has 2 aromatic carbocycles. The highest BCUT2D eigenvalue weighted by Crippen LogP contribution is 2.14. The molecule has 0 bridgehead atoms. The van der Waals surface area contributed by atoms with Crippen molar-refractivity contribution in [2.45, 2.75) is 6.54 Å². The van der Waals surface area contributed by atoms with Gasteiger partial charge in [0.25, 0.3) is 5.91 Å². The lowest BCUT2D eigenvalue weighted by Gasteiger charge is -2.17. The maximum atomic E-state index is 13.5. The van der Waals surface area contributed by atoms with Crippen LogP contribution in [0.3, 0.4) is 0 Å². The molecular weight excluding hydrogens is 265 g/mol. The average molecular weight is 278 g/mol. The number of benzene rings is 2. The number of rotatable bonds is 3. The molecule has 0 heterocycles. The first-order valence-electron chi connectivity index (χ1n) is 5.82. The summed E-state index contributed by atoms with van der Waals surface area (Å²) in [6, 6.07) is 13.2. The van der Waals surface area contributed by atoms with Gasteiger partial charge >= 0.3 is 0 Å². The summed E-state index contributed by atoms with van der Waals surface area (Å²) in [6.45, 7) is 0.383. The van der Waals surface area contributed by atoms with Crippen LogP contribution in [0.5, 0.6) is 0 Å². The molecular formula is C15H13ClFNO. The van der Waals surface area contributed by atoms with E-state index in [1.165, 1.54) is 17.0 Å². The van der Waals surface area contributed by atoms with Crippen molar-refractivity contribution in [3.05, 3.63) is 70.5 Å². The fourth-order valence-electron chi connectivity index (χ4n) is 1.82. The predicted molar refractivity (Wildman–Crippen MR) is 73.6 cm³/mol. The van der Waals surface area contributed by atoms with Crippen LogP contribution >= 0.6 is 11.6 Å². The number of carbonyl (C=O) groups excluding carboxylic acids is 1. The van der Waals surface area contributed by atoms with E-state index in [-0.39, 0.29) is 11.5 Å². The third-order valence-corrected chi connectivity index (χ3v) is 2.99. The zero-order valence-corrected chi connectivity index (χ0v) is 11.2. The Morgan fingerprint density at radius 1 is 1.21 bits per heavy atom. The first kappa shape index (κ1) is 13.6. The molecule has 0 aliphatic heterocycles. The van der Waals surface area contributed by atoms with E-state index in [2.05, 4.69) is 0 Å². The summed E-state index contributed by atoms with van der Waals surface area (Å²) in [5, 5.41) is 0.615. The first-order chi connectivity index (χ1) is 9.08. The largest absolute Gasteiger partial charge is 0.337 e. The molecule has 0 aromatic heterocycles. The van der Waals surface area contributed by atoms with Gasteiger partial charge in [0.1, 0.15) is 5.82 Å². The highest BCUT2D eigenvalue weighted by atomic mass is 35.5. The highest BCUT2D eigenvalue weighted by molar-refractivity contribution is 6.30. The summed E-state index contributed by atoms with van der Waals surface area (Å²) in [5.41, 5.74) is 0.978. The van der Waals surface area contributed by atoms with E-state index in [1.807, 2.05) is 12.1 Å². The number of nitrogens with zero attached hydrogens (tertiary/aromatic N) is 1. The lowest BCUT2D eigenvalue weighted by Crippen LogP contribution is -2.27. The highest BCUT2D eigenvalue weighted by Gasteiger charge is 2.15. The molecule has 0 aliphatic rings. The lowest BCUT2D eigenvalue weighted by molar-refractivity contribution is 0.0780. The van der Waals surface area contributed by atoms with E-state index in [1.54, 1.807) is 31.3 Å². The molecule has 0 fully saturated rings. The summed E-state index contributed by atoms with van der Waals surface area (Å²) < 4.78 is 13.5. The molecule has 0 N–H and O–H groups in total. The molecule has 1 amide bonds. The Labute approximate surface area is 116 Å². The van der Waals surface area contributed by atoms with Crippen molar-refractivity contribution in [1.29, 1.82) is 0 Å². The van der Waals surface area contributed by atoms with Crippen LogP contribution in [-0.2, 0) is 6.54 Å². The Bertz CT molecular complexity index is 600. The second-order valence-corrected chi connectivity index (χ2v) is 4.71. The van der Waals surface area contributed by atoms with Crippen molar-refractivity contribution in [3.63, 3.8) is 0 Å². The Morgan fingerprint density at radius 3 is 2.63 bits per heavy atom. The molecule has 0 spiro atoms. The molecule has 0 unspecified atom stereocenters. The minimum atomic E-state index is -0.509. The zero-order valence-electron chi connectivity index (χ0n) is 10.4. The van der Waals surface area contributed by atoms with Gasteiger partial charge in [-0.05, 0) is 29.8 Å². The van der Waals surface area contributed by atoms with Gasteiger partial charge in [0.2, 0.25) is 0 Å².